The molecular formula is C22H21N5O3S. The van der Waals surface area contributed by atoms with Crippen LogP contribution in [-0.4, -0.2) is 43.8 Å². The van der Waals surface area contributed by atoms with E-state index in [2.05, 4.69) is 26.3 Å². The molecule has 158 valence electrons. The molecule has 0 saturated carbocycles. The van der Waals surface area contributed by atoms with Crippen LogP contribution in [0.5, 0.6) is 0 Å². The SMILES string of the molecule is O=CO.[C-]#[N+]c1ccc2ncc3nc(Cc4cncs4)n([C@@H]4CCO[C@H](C)C4)c3c2c1. The van der Waals surface area contributed by atoms with Crippen molar-refractivity contribution >= 4 is 45.4 Å². The van der Waals surface area contributed by atoms with Crippen LogP contribution in [0, 0.1) is 6.57 Å². The number of carbonyl (C=O) groups is 1. The fourth-order valence-corrected chi connectivity index (χ4v) is 4.69. The molecule has 1 aliphatic rings. The number of carboxylic acid groups (broad SMARTS) is 1. The van der Waals surface area contributed by atoms with Gasteiger partial charge in [-0.2, -0.15) is 0 Å². The van der Waals surface area contributed by atoms with Crippen LogP contribution < -0.4 is 0 Å². The Bertz CT molecular complexity index is 1250. The Labute approximate surface area is 183 Å². The Hall–Kier alpha value is -3.35. The second-order valence-corrected chi connectivity index (χ2v) is 8.28. The maximum Gasteiger partial charge on any atom is 0.290 e. The zero-order valence-electron chi connectivity index (χ0n) is 16.9. The van der Waals surface area contributed by atoms with Crippen molar-refractivity contribution in [1.29, 1.82) is 0 Å². The van der Waals surface area contributed by atoms with E-state index in [9.17, 15) is 0 Å². The highest BCUT2D eigenvalue weighted by molar-refractivity contribution is 7.09. The highest BCUT2D eigenvalue weighted by atomic mass is 32.1. The second kappa shape index (κ2) is 9.20. The first-order valence-corrected chi connectivity index (χ1v) is 10.8. The van der Waals surface area contributed by atoms with Gasteiger partial charge in [0.1, 0.15) is 11.3 Å². The van der Waals surface area contributed by atoms with Gasteiger partial charge in [0.05, 0.1) is 35.4 Å². The maximum atomic E-state index is 8.36. The summed E-state index contributed by atoms with van der Waals surface area (Å²) in [5.41, 5.74) is 5.34. The van der Waals surface area contributed by atoms with Crippen molar-refractivity contribution in [3.8, 4) is 0 Å². The van der Waals surface area contributed by atoms with Crippen molar-refractivity contribution < 1.29 is 14.6 Å². The molecule has 4 heterocycles. The molecule has 2 atom stereocenters. The number of thiazole rings is 1. The van der Waals surface area contributed by atoms with Gasteiger partial charge in [-0.1, -0.05) is 6.07 Å². The van der Waals surface area contributed by atoms with Gasteiger partial charge >= 0.3 is 0 Å². The Morgan fingerprint density at radius 3 is 2.94 bits per heavy atom. The molecule has 0 amide bonds. The van der Waals surface area contributed by atoms with E-state index in [0.717, 1.165) is 53.6 Å². The minimum atomic E-state index is -0.250. The summed E-state index contributed by atoms with van der Waals surface area (Å²) in [6.07, 6.45) is 6.64. The summed E-state index contributed by atoms with van der Waals surface area (Å²) in [4.78, 5) is 26.9. The standard InChI is InChI=1S/C21H19N5OS.CH2O2/c1-13-7-15(5-6-27-13)26-20(9-16-10-23-12-28-16)25-19-11-24-18-4-3-14(22-2)8-17(18)21(19)26;2-1-3/h3-4,8,10-13,15H,5-7,9H2,1H3;1H,(H,2,3)/t13-,15-;/m1./s1. The number of fused-ring (bicyclic) bond motifs is 3. The molecule has 1 aliphatic heterocycles. The second-order valence-electron chi connectivity index (χ2n) is 7.31. The van der Waals surface area contributed by atoms with Crippen molar-refractivity contribution in [2.24, 2.45) is 0 Å². The quantitative estimate of drug-likeness (QED) is 0.373. The summed E-state index contributed by atoms with van der Waals surface area (Å²) in [6.45, 7) is 10.0. The van der Waals surface area contributed by atoms with Crippen LogP contribution >= 0.6 is 11.3 Å². The van der Waals surface area contributed by atoms with Crippen molar-refractivity contribution in [2.75, 3.05) is 6.61 Å². The lowest BCUT2D eigenvalue weighted by Crippen LogP contribution is -2.26. The van der Waals surface area contributed by atoms with Gasteiger partial charge in [-0.25, -0.2) is 9.83 Å². The molecule has 0 aliphatic carbocycles. The minimum Gasteiger partial charge on any atom is -0.483 e. The minimum absolute atomic E-state index is 0.222. The summed E-state index contributed by atoms with van der Waals surface area (Å²) in [5.74, 6) is 1.03. The number of hydrogen-bond donors (Lipinski definition) is 1. The number of pyridine rings is 1. The molecule has 3 aromatic heterocycles. The molecule has 1 aromatic carbocycles. The van der Waals surface area contributed by atoms with Gasteiger partial charge in [0.2, 0.25) is 0 Å². The van der Waals surface area contributed by atoms with E-state index < -0.39 is 0 Å². The molecule has 8 nitrogen and oxygen atoms in total. The largest absolute Gasteiger partial charge is 0.483 e. The molecule has 9 heteroatoms. The number of nitrogens with zero attached hydrogens (tertiary/aromatic N) is 5. The molecule has 1 N–H and O–H groups in total. The van der Waals surface area contributed by atoms with E-state index in [1.165, 1.54) is 4.88 Å². The number of ether oxygens (including phenoxy) is 1. The van der Waals surface area contributed by atoms with Crippen molar-refractivity contribution in [3.05, 3.63) is 58.2 Å². The smallest absolute Gasteiger partial charge is 0.290 e. The summed E-state index contributed by atoms with van der Waals surface area (Å²) in [6, 6.07) is 6.01. The molecule has 0 spiro atoms. The Balaban J connectivity index is 0.000000730. The van der Waals surface area contributed by atoms with Gasteiger partial charge in [-0.05, 0) is 31.9 Å². The molecular weight excluding hydrogens is 414 g/mol. The van der Waals surface area contributed by atoms with E-state index in [0.29, 0.717) is 11.7 Å². The van der Waals surface area contributed by atoms with Gasteiger partial charge in [-0.15, -0.1) is 11.3 Å². The van der Waals surface area contributed by atoms with E-state index in [1.54, 1.807) is 11.3 Å². The van der Waals surface area contributed by atoms with Crippen molar-refractivity contribution in [3.63, 3.8) is 0 Å². The topological polar surface area (TPSA) is 94.5 Å². The fourth-order valence-electron chi connectivity index (χ4n) is 4.09. The summed E-state index contributed by atoms with van der Waals surface area (Å²) in [5, 5.41) is 7.88. The third-order valence-corrected chi connectivity index (χ3v) is 6.12. The Morgan fingerprint density at radius 1 is 1.39 bits per heavy atom. The lowest BCUT2D eigenvalue weighted by atomic mass is 10.0. The lowest BCUT2D eigenvalue weighted by molar-refractivity contribution is -0.122. The van der Waals surface area contributed by atoms with Crippen LogP contribution in [0.3, 0.4) is 0 Å². The zero-order valence-corrected chi connectivity index (χ0v) is 17.7. The van der Waals surface area contributed by atoms with Crippen LogP contribution in [0.4, 0.5) is 5.69 Å². The lowest BCUT2D eigenvalue weighted by Gasteiger charge is -2.30. The molecule has 0 unspecified atom stereocenters. The van der Waals surface area contributed by atoms with Gasteiger partial charge in [0.15, 0.2) is 5.69 Å². The average Bonchev–Trinajstić information content (AvgIpc) is 3.41. The molecule has 0 radical (unpaired) electrons. The zero-order chi connectivity index (χ0) is 21.8. The highest BCUT2D eigenvalue weighted by Gasteiger charge is 2.26. The molecule has 0 bridgehead atoms. The molecule has 1 fully saturated rings. The fraction of sp³-hybridized carbons (Fsp3) is 0.318. The van der Waals surface area contributed by atoms with E-state index in [-0.39, 0.29) is 12.6 Å². The van der Waals surface area contributed by atoms with Gasteiger partial charge in [0, 0.05) is 35.5 Å². The third kappa shape index (κ3) is 4.26. The molecule has 1 saturated heterocycles. The van der Waals surface area contributed by atoms with E-state index in [1.807, 2.05) is 36.1 Å². The van der Waals surface area contributed by atoms with Crippen LogP contribution in [0.25, 0.3) is 26.8 Å². The maximum absolute atomic E-state index is 8.36. The predicted molar refractivity (Wildman–Crippen MR) is 119 cm³/mol. The molecule has 5 rings (SSSR count). The van der Waals surface area contributed by atoms with Crippen LogP contribution in [0.2, 0.25) is 0 Å². The number of benzene rings is 1. The third-order valence-electron chi connectivity index (χ3n) is 5.34. The van der Waals surface area contributed by atoms with Crippen LogP contribution in [0.1, 0.15) is 36.5 Å². The van der Waals surface area contributed by atoms with Crippen LogP contribution in [0.15, 0.2) is 36.1 Å². The highest BCUT2D eigenvalue weighted by Crippen LogP contribution is 2.35. The average molecular weight is 436 g/mol. The number of rotatable bonds is 3. The van der Waals surface area contributed by atoms with Gasteiger partial charge in [0.25, 0.3) is 6.47 Å². The first-order chi connectivity index (χ1) is 15.1. The molecule has 31 heavy (non-hydrogen) atoms. The first-order valence-electron chi connectivity index (χ1n) is 9.88. The predicted octanol–water partition coefficient (Wildman–Crippen LogP) is 4.62. The number of imidazole rings is 1. The number of aromatic nitrogens is 4. The normalized spacial score (nSPS) is 18.3. The van der Waals surface area contributed by atoms with Gasteiger partial charge < -0.3 is 14.4 Å². The van der Waals surface area contributed by atoms with Crippen molar-refractivity contribution in [1.82, 2.24) is 19.5 Å². The Morgan fingerprint density at radius 2 is 2.23 bits per heavy atom. The summed E-state index contributed by atoms with van der Waals surface area (Å²) < 4.78 is 8.17. The molecule has 4 aromatic rings. The van der Waals surface area contributed by atoms with Crippen LogP contribution in [-0.2, 0) is 16.0 Å². The number of hydrogen-bond acceptors (Lipinski definition) is 6. The first kappa shape index (κ1) is 20.9. The van der Waals surface area contributed by atoms with E-state index in [4.69, 9.17) is 26.2 Å². The van der Waals surface area contributed by atoms with Crippen molar-refractivity contribution in [2.45, 2.75) is 38.3 Å². The monoisotopic (exact) mass is 435 g/mol. The van der Waals surface area contributed by atoms with Gasteiger partial charge in [-0.3, -0.25) is 14.8 Å². The summed E-state index contributed by atoms with van der Waals surface area (Å²) >= 11 is 1.65. The summed E-state index contributed by atoms with van der Waals surface area (Å²) in [7, 11) is 0. The Kier molecular flexibility index (Phi) is 6.21. The van der Waals surface area contributed by atoms with E-state index >= 15 is 0 Å².